The predicted molar refractivity (Wildman–Crippen MR) is 62.8 cm³/mol. The molecule has 2 aromatic carbocycles. The van der Waals surface area contributed by atoms with Gasteiger partial charge in [0.15, 0.2) is 0 Å². The zero-order valence-electron chi connectivity index (χ0n) is 9.09. The number of hydrogen-bond acceptors (Lipinski definition) is 0. The smallest absolute Gasteiger partial charge is 0.0120 e. The van der Waals surface area contributed by atoms with Crippen LogP contribution in [0.4, 0.5) is 0 Å². The lowest BCUT2D eigenvalue weighted by Crippen LogP contribution is -1.90. The first kappa shape index (κ1) is 9.26. The van der Waals surface area contributed by atoms with E-state index < -0.39 is 0 Å². The summed E-state index contributed by atoms with van der Waals surface area (Å²) in [7, 11) is 0. The Hall–Kier alpha value is -1.30. The van der Waals surface area contributed by atoms with Crippen molar-refractivity contribution in [2.45, 2.75) is 27.2 Å². The third kappa shape index (κ3) is 1.31. The molecule has 72 valence electrons. The summed E-state index contributed by atoms with van der Waals surface area (Å²) in [6.07, 6.45) is 1.12. The lowest BCUT2D eigenvalue weighted by molar-refractivity contribution is 1.13. The van der Waals surface area contributed by atoms with Gasteiger partial charge in [-0.25, -0.2) is 0 Å². The van der Waals surface area contributed by atoms with Crippen LogP contribution in [-0.4, -0.2) is 0 Å². The lowest BCUT2D eigenvalue weighted by Gasteiger charge is -2.10. The van der Waals surface area contributed by atoms with Crippen LogP contribution in [0.3, 0.4) is 0 Å². The van der Waals surface area contributed by atoms with Crippen molar-refractivity contribution in [3.05, 3.63) is 47.0 Å². The Morgan fingerprint density at radius 1 is 0.929 bits per heavy atom. The molecule has 0 fully saturated rings. The summed E-state index contributed by atoms with van der Waals surface area (Å²) >= 11 is 0. The van der Waals surface area contributed by atoms with Crippen LogP contribution in [0.2, 0.25) is 0 Å². The van der Waals surface area contributed by atoms with Gasteiger partial charge in [0, 0.05) is 0 Å². The molecule has 0 saturated carbocycles. The Morgan fingerprint density at radius 3 is 2.43 bits per heavy atom. The van der Waals surface area contributed by atoms with Gasteiger partial charge >= 0.3 is 0 Å². The van der Waals surface area contributed by atoms with Crippen molar-refractivity contribution in [1.29, 1.82) is 0 Å². The van der Waals surface area contributed by atoms with Gasteiger partial charge in [0.05, 0.1) is 0 Å². The Bertz CT molecular complexity index is 467. The first-order valence-corrected chi connectivity index (χ1v) is 5.22. The summed E-state index contributed by atoms with van der Waals surface area (Å²) in [5.41, 5.74) is 4.30. The number of aryl methyl sites for hydroxylation is 3. The van der Waals surface area contributed by atoms with Crippen LogP contribution in [0.25, 0.3) is 10.8 Å². The highest BCUT2D eigenvalue weighted by molar-refractivity contribution is 5.89. The van der Waals surface area contributed by atoms with Crippen molar-refractivity contribution < 1.29 is 0 Å². The summed E-state index contributed by atoms with van der Waals surface area (Å²) in [4.78, 5) is 0. The van der Waals surface area contributed by atoms with Crippen LogP contribution in [0.1, 0.15) is 23.6 Å². The molecule has 0 aromatic heterocycles. The van der Waals surface area contributed by atoms with Gasteiger partial charge in [-0.05, 0) is 47.7 Å². The number of hydrogen-bond donors (Lipinski definition) is 0. The van der Waals surface area contributed by atoms with Crippen molar-refractivity contribution in [2.75, 3.05) is 0 Å². The zero-order valence-corrected chi connectivity index (χ0v) is 9.09. The molecule has 0 aliphatic rings. The van der Waals surface area contributed by atoms with Crippen LogP contribution in [0.15, 0.2) is 30.3 Å². The lowest BCUT2D eigenvalue weighted by atomic mass is 9.95. The average Bonchev–Trinajstić information content (AvgIpc) is 2.19. The maximum Gasteiger partial charge on any atom is -0.0120 e. The molecule has 0 unspecified atom stereocenters. The third-order valence-corrected chi connectivity index (χ3v) is 2.95. The van der Waals surface area contributed by atoms with Gasteiger partial charge < -0.3 is 0 Å². The maximum absolute atomic E-state index is 2.23. The van der Waals surface area contributed by atoms with E-state index in [0.717, 1.165) is 6.42 Å². The topological polar surface area (TPSA) is 0 Å². The molecule has 14 heavy (non-hydrogen) atoms. The molecule has 0 heterocycles. The summed E-state index contributed by atoms with van der Waals surface area (Å²) in [5, 5.41) is 2.82. The fraction of sp³-hybridized carbons (Fsp3) is 0.286. The second kappa shape index (κ2) is 3.45. The molecule has 0 bridgehead atoms. The van der Waals surface area contributed by atoms with Crippen molar-refractivity contribution in [2.24, 2.45) is 0 Å². The SMILES string of the molecule is CCc1c(C)ccc2cccc(C)c12. The highest BCUT2D eigenvalue weighted by atomic mass is 14.1. The fourth-order valence-electron chi connectivity index (χ4n) is 2.21. The van der Waals surface area contributed by atoms with Gasteiger partial charge in [-0.3, -0.25) is 0 Å². The van der Waals surface area contributed by atoms with E-state index in [9.17, 15) is 0 Å². The van der Waals surface area contributed by atoms with Crippen molar-refractivity contribution in [3.8, 4) is 0 Å². The Balaban J connectivity index is 2.91. The van der Waals surface area contributed by atoms with Crippen LogP contribution in [-0.2, 0) is 6.42 Å². The van der Waals surface area contributed by atoms with Gasteiger partial charge in [-0.1, -0.05) is 37.3 Å². The Labute approximate surface area is 85.6 Å². The first-order chi connectivity index (χ1) is 6.74. The quantitative estimate of drug-likeness (QED) is 0.628. The Morgan fingerprint density at radius 2 is 1.71 bits per heavy atom. The third-order valence-electron chi connectivity index (χ3n) is 2.95. The van der Waals surface area contributed by atoms with E-state index in [1.54, 1.807) is 0 Å². The van der Waals surface area contributed by atoms with E-state index in [2.05, 4.69) is 51.1 Å². The van der Waals surface area contributed by atoms with Gasteiger partial charge in [-0.15, -0.1) is 0 Å². The largest absolute Gasteiger partial charge is 0.0614 e. The normalized spacial score (nSPS) is 10.8. The molecule has 0 saturated heterocycles. The van der Waals surface area contributed by atoms with Gasteiger partial charge in [0.25, 0.3) is 0 Å². The summed E-state index contributed by atoms with van der Waals surface area (Å²) < 4.78 is 0. The molecule has 0 amide bonds. The summed E-state index contributed by atoms with van der Waals surface area (Å²) in [5.74, 6) is 0. The molecular weight excluding hydrogens is 168 g/mol. The molecule has 0 spiro atoms. The Kier molecular flexibility index (Phi) is 2.28. The molecule has 0 aliphatic carbocycles. The van der Waals surface area contributed by atoms with Gasteiger partial charge in [0.2, 0.25) is 0 Å². The van der Waals surface area contributed by atoms with Crippen LogP contribution < -0.4 is 0 Å². The monoisotopic (exact) mass is 184 g/mol. The number of benzene rings is 2. The minimum atomic E-state index is 1.12. The fourth-order valence-corrected chi connectivity index (χ4v) is 2.21. The molecule has 0 radical (unpaired) electrons. The van der Waals surface area contributed by atoms with E-state index in [1.807, 2.05) is 0 Å². The standard InChI is InChI=1S/C14H16/c1-4-13-10(2)8-9-12-7-5-6-11(3)14(12)13/h5-9H,4H2,1-3H3. The van der Waals surface area contributed by atoms with E-state index >= 15 is 0 Å². The second-order valence-electron chi connectivity index (χ2n) is 3.89. The highest BCUT2D eigenvalue weighted by Gasteiger charge is 2.04. The molecule has 2 aromatic rings. The van der Waals surface area contributed by atoms with E-state index in [-0.39, 0.29) is 0 Å². The van der Waals surface area contributed by atoms with Gasteiger partial charge in [-0.2, -0.15) is 0 Å². The van der Waals surface area contributed by atoms with Crippen LogP contribution in [0.5, 0.6) is 0 Å². The zero-order chi connectivity index (χ0) is 10.1. The second-order valence-corrected chi connectivity index (χ2v) is 3.89. The predicted octanol–water partition coefficient (Wildman–Crippen LogP) is 4.02. The maximum atomic E-state index is 2.23. The minimum Gasteiger partial charge on any atom is -0.0614 e. The number of rotatable bonds is 1. The summed E-state index contributed by atoms with van der Waals surface area (Å²) in [6, 6.07) is 11.0. The van der Waals surface area contributed by atoms with Crippen molar-refractivity contribution in [3.63, 3.8) is 0 Å². The highest BCUT2D eigenvalue weighted by Crippen LogP contribution is 2.25. The van der Waals surface area contributed by atoms with E-state index in [0.29, 0.717) is 0 Å². The van der Waals surface area contributed by atoms with E-state index in [4.69, 9.17) is 0 Å². The molecule has 0 atom stereocenters. The van der Waals surface area contributed by atoms with Crippen molar-refractivity contribution in [1.82, 2.24) is 0 Å². The molecule has 0 nitrogen and oxygen atoms in total. The molecule has 2 rings (SSSR count). The molecule has 0 heteroatoms. The van der Waals surface area contributed by atoms with Crippen LogP contribution in [0, 0.1) is 13.8 Å². The summed E-state index contributed by atoms with van der Waals surface area (Å²) in [6.45, 7) is 6.62. The number of fused-ring (bicyclic) bond motifs is 1. The van der Waals surface area contributed by atoms with Crippen molar-refractivity contribution >= 4 is 10.8 Å². The van der Waals surface area contributed by atoms with E-state index in [1.165, 1.54) is 27.5 Å². The molecule has 0 N–H and O–H groups in total. The average molecular weight is 184 g/mol. The molecule has 0 aliphatic heterocycles. The molecular formula is C14H16. The van der Waals surface area contributed by atoms with Crippen LogP contribution >= 0.6 is 0 Å². The first-order valence-electron chi connectivity index (χ1n) is 5.22. The van der Waals surface area contributed by atoms with Gasteiger partial charge in [0.1, 0.15) is 0 Å². The minimum absolute atomic E-state index is 1.12.